The Kier molecular flexibility index (Phi) is 5.35. The lowest BCUT2D eigenvalue weighted by atomic mass is 9.63. The summed E-state index contributed by atoms with van der Waals surface area (Å²) in [5, 5.41) is 19.4. The van der Waals surface area contributed by atoms with E-state index in [1.807, 2.05) is 84.9 Å². The number of carbonyl (C=O) groups is 1. The number of H-pyrrole nitrogens is 1. The number of Topliss-reactive ketones (excluding diaryl/α,β-unsaturated/α-hetero) is 1. The molecule has 0 spiro atoms. The van der Waals surface area contributed by atoms with Crippen molar-refractivity contribution in [3.63, 3.8) is 0 Å². The summed E-state index contributed by atoms with van der Waals surface area (Å²) in [6.07, 6.45) is 0.318. The standard InChI is InChI=1S/C28H26N2O3/c1-28(32)17-22-24(26(30-29-22)19-9-5-3-6-10-19)23(18-13-15-21(33-2)16-14-18)25(28)27(31)20-11-7-4-8-12-20/h3-16,23,25,32H,17H2,1-2H3,(H,29,30). The predicted octanol–water partition coefficient (Wildman–Crippen LogP) is 5.02. The van der Waals surface area contributed by atoms with E-state index in [-0.39, 0.29) is 11.7 Å². The second-order valence-electron chi connectivity index (χ2n) is 8.82. The third-order valence-corrected chi connectivity index (χ3v) is 6.59. The molecule has 166 valence electrons. The van der Waals surface area contributed by atoms with Crippen LogP contribution in [0.25, 0.3) is 11.3 Å². The number of nitrogens with zero attached hydrogens (tertiary/aromatic N) is 1. The van der Waals surface area contributed by atoms with E-state index >= 15 is 0 Å². The maximum absolute atomic E-state index is 13.9. The third kappa shape index (κ3) is 3.74. The Hall–Kier alpha value is -3.70. The first-order valence-corrected chi connectivity index (χ1v) is 11.1. The lowest BCUT2D eigenvalue weighted by Gasteiger charge is -2.42. The van der Waals surface area contributed by atoms with Crippen LogP contribution in [0.15, 0.2) is 84.9 Å². The van der Waals surface area contributed by atoms with Gasteiger partial charge in [0, 0.05) is 34.7 Å². The molecule has 0 amide bonds. The number of benzene rings is 3. The van der Waals surface area contributed by atoms with E-state index in [4.69, 9.17) is 4.74 Å². The number of nitrogens with one attached hydrogen (secondary N) is 1. The SMILES string of the molecule is COc1ccc(C2c3c(-c4ccccc4)n[nH]c3CC(C)(O)C2C(=O)c2ccccc2)cc1. The van der Waals surface area contributed by atoms with Crippen LogP contribution >= 0.6 is 0 Å². The van der Waals surface area contributed by atoms with Crippen LogP contribution in [0.3, 0.4) is 0 Å². The van der Waals surface area contributed by atoms with Crippen LogP contribution in [0.4, 0.5) is 0 Å². The van der Waals surface area contributed by atoms with Crippen molar-refractivity contribution in [3.05, 3.63) is 107 Å². The number of carbonyl (C=O) groups excluding carboxylic acids is 1. The minimum Gasteiger partial charge on any atom is -0.497 e. The zero-order valence-corrected chi connectivity index (χ0v) is 18.7. The van der Waals surface area contributed by atoms with Crippen molar-refractivity contribution in [1.82, 2.24) is 10.2 Å². The van der Waals surface area contributed by atoms with Crippen molar-refractivity contribution in [3.8, 4) is 17.0 Å². The van der Waals surface area contributed by atoms with Gasteiger partial charge in [-0.15, -0.1) is 0 Å². The molecule has 0 fully saturated rings. The minimum atomic E-state index is -1.26. The summed E-state index contributed by atoms with van der Waals surface area (Å²) in [6, 6.07) is 26.9. The smallest absolute Gasteiger partial charge is 0.169 e. The molecule has 1 heterocycles. The molecule has 4 aromatic rings. The fourth-order valence-corrected chi connectivity index (χ4v) is 5.05. The Morgan fingerprint density at radius 2 is 1.64 bits per heavy atom. The molecule has 1 aliphatic carbocycles. The van der Waals surface area contributed by atoms with Crippen molar-refractivity contribution < 1.29 is 14.6 Å². The number of ketones is 1. The molecule has 2 N–H and O–H groups in total. The van der Waals surface area contributed by atoms with Crippen molar-refractivity contribution >= 4 is 5.78 Å². The van der Waals surface area contributed by atoms with Gasteiger partial charge in [0.15, 0.2) is 5.78 Å². The first-order chi connectivity index (χ1) is 16.0. The van der Waals surface area contributed by atoms with E-state index in [2.05, 4.69) is 10.2 Å². The van der Waals surface area contributed by atoms with E-state index in [0.29, 0.717) is 12.0 Å². The number of methoxy groups -OCH3 is 1. The van der Waals surface area contributed by atoms with Gasteiger partial charge in [-0.05, 0) is 24.6 Å². The molecule has 5 nitrogen and oxygen atoms in total. The Labute approximate surface area is 193 Å². The zero-order valence-electron chi connectivity index (χ0n) is 18.7. The number of aromatic nitrogens is 2. The highest BCUT2D eigenvalue weighted by Gasteiger charge is 2.50. The van der Waals surface area contributed by atoms with E-state index in [1.165, 1.54) is 0 Å². The van der Waals surface area contributed by atoms with E-state index < -0.39 is 11.5 Å². The second kappa shape index (κ2) is 8.34. The molecule has 33 heavy (non-hydrogen) atoms. The largest absolute Gasteiger partial charge is 0.497 e. The first kappa shape index (κ1) is 21.2. The molecule has 0 aliphatic heterocycles. The predicted molar refractivity (Wildman–Crippen MR) is 127 cm³/mol. The fourth-order valence-electron chi connectivity index (χ4n) is 5.05. The summed E-state index contributed by atoms with van der Waals surface area (Å²) in [5.74, 6) is -0.396. The van der Waals surface area contributed by atoms with Gasteiger partial charge in [0.25, 0.3) is 0 Å². The number of aromatic amines is 1. The number of rotatable bonds is 5. The Balaban J connectivity index is 1.73. The number of hydrogen-bond donors (Lipinski definition) is 2. The van der Waals surface area contributed by atoms with Crippen LogP contribution in [0.2, 0.25) is 0 Å². The monoisotopic (exact) mass is 438 g/mol. The molecule has 1 aliphatic rings. The van der Waals surface area contributed by atoms with Gasteiger partial charge < -0.3 is 9.84 Å². The molecule has 0 saturated heterocycles. The number of hydrogen-bond acceptors (Lipinski definition) is 4. The second-order valence-corrected chi connectivity index (χ2v) is 8.82. The third-order valence-electron chi connectivity index (χ3n) is 6.59. The van der Waals surface area contributed by atoms with E-state index in [9.17, 15) is 9.90 Å². The van der Waals surface area contributed by atoms with Crippen LogP contribution in [-0.2, 0) is 6.42 Å². The van der Waals surface area contributed by atoms with E-state index in [1.54, 1.807) is 14.0 Å². The summed E-state index contributed by atoms with van der Waals surface area (Å²) in [4.78, 5) is 13.9. The fraction of sp³-hybridized carbons (Fsp3) is 0.214. The molecule has 5 heteroatoms. The molecule has 3 atom stereocenters. The van der Waals surface area contributed by atoms with Gasteiger partial charge in [-0.1, -0.05) is 72.8 Å². The average Bonchev–Trinajstić information content (AvgIpc) is 3.26. The van der Waals surface area contributed by atoms with Gasteiger partial charge in [0.05, 0.1) is 24.3 Å². The maximum Gasteiger partial charge on any atom is 0.169 e. The highest BCUT2D eigenvalue weighted by molar-refractivity contribution is 6.00. The highest BCUT2D eigenvalue weighted by Crippen LogP contribution is 2.49. The zero-order chi connectivity index (χ0) is 23.0. The Bertz CT molecular complexity index is 1260. The van der Waals surface area contributed by atoms with Crippen LogP contribution < -0.4 is 4.74 Å². The number of ether oxygens (including phenoxy) is 1. The molecule has 0 radical (unpaired) electrons. The highest BCUT2D eigenvalue weighted by atomic mass is 16.5. The lowest BCUT2D eigenvalue weighted by Crippen LogP contribution is -2.48. The molecule has 0 bridgehead atoms. The number of fused-ring (bicyclic) bond motifs is 1. The van der Waals surface area contributed by atoms with Crippen molar-refractivity contribution in [2.75, 3.05) is 7.11 Å². The van der Waals surface area contributed by atoms with Crippen molar-refractivity contribution in [2.24, 2.45) is 5.92 Å². The van der Waals surface area contributed by atoms with Gasteiger partial charge in [0.1, 0.15) is 5.75 Å². The summed E-state index contributed by atoms with van der Waals surface area (Å²) < 4.78 is 5.35. The molecule has 3 unspecified atom stereocenters. The van der Waals surface area contributed by atoms with Gasteiger partial charge >= 0.3 is 0 Å². The summed E-state index contributed by atoms with van der Waals surface area (Å²) >= 11 is 0. The van der Waals surface area contributed by atoms with Gasteiger partial charge in [-0.3, -0.25) is 9.89 Å². The number of aliphatic hydroxyl groups is 1. The van der Waals surface area contributed by atoms with Gasteiger partial charge in [-0.25, -0.2) is 0 Å². The molecule has 1 aromatic heterocycles. The maximum atomic E-state index is 13.9. The molecular weight excluding hydrogens is 412 g/mol. The van der Waals surface area contributed by atoms with Gasteiger partial charge in [-0.2, -0.15) is 5.10 Å². The quantitative estimate of drug-likeness (QED) is 0.429. The molecule has 5 rings (SSSR count). The van der Waals surface area contributed by atoms with Crippen LogP contribution in [0.5, 0.6) is 5.75 Å². The lowest BCUT2D eigenvalue weighted by molar-refractivity contribution is -0.00734. The summed E-state index contributed by atoms with van der Waals surface area (Å²) in [5.41, 5.74) is 3.88. The van der Waals surface area contributed by atoms with Crippen molar-refractivity contribution in [2.45, 2.75) is 24.9 Å². The summed E-state index contributed by atoms with van der Waals surface area (Å²) in [6.45, 7) is 1.75. The Morgan fingerprint density at radius 1 is 1.00 bits per heavy atom. The van der Waals surface area contributed by atoms with Crippen molar-refractivity contribution in [1.29, 1.82) is 0 Å². The Morgan fingerprint density at radius 3 is 2.27 bits per heavy atom. The minimum absolute atomic E-state index is 0.0766. The van der Waals surface area contributed by atoms with Crippen LogP contribution in [-0.4, -0.2) is 33.8 Å². The average molecular weight is 439 g/mol. The molecular formula is C28H26N2O3. The topological polar surface area (TPSA) is 75.2 Å². The van der Waals surface area contributed by atoms with E-state index in [0.717, 1.165) is 33.8 Å². The van der Waals surface area contributed by atoms with Gasteiger partial charge in [0.2, 0.25) is 0 Å². The summed E-state index contributed by atoms with van der Waals surface area (Å²) in [7, 11) is 1.63. The van der Waals surface area contributed by atoms with Crippen LogP contribution in [0.1, 0.15) is 40.0 Å². The normalized spacial score (nSPS) is 21.9. The first-order valence-electron chi connectivity index (χ1n) is 11.1. The van der Waals surface area contributed by atoms with Crippen LogP contribution in [0, 0.1) is 5.92 Å². The molecule has 0 saturated carbocycles. The molecule has 3 aromatic carbocycles.